The van der Waals surface area contributed by atoms with Crippen LogP contribution in [0.4, 0.5) is 8.78 Å². The van der Waals surface area contributed by atoms with Gasteiger partial charge in [-0.05, 0) is 13.3 Å². The zero-order valence-corrected chi connectivity index (χ0v) is 14.2. The lowest BCUT2D eigenvalue weighted by atomic mass is 10.1. The van der Waals surface area contributed by atoms with Crippen molar-refractivity contribution in [3.05, 3.63) is 28.1 Å². The maximum atomic E-state index is 12.6. The van der Waals surface area contributed by atoms with E-state index in [1.807, 2.05) is 13.8 Å². The van der Waals surface area contributed by atoms with Crippen molar-refractivity contribution >= 4 is 29.4 Å². The smallest absolute Gasteiger partial charge is 0.387 e. The van der Waals surface area contributed by atoms with Crippen molar-refractivity contribution in [2.75, 3.05) is 0 Å². The summed E-state index contributed by atoms with van der Waals surface area (Å²) in [6.07, 6.45) is 2.24. The Balaban J connectivity index is 0.000000891. The summed E-state index contributed by atoms with van der Waals surface area (Å²) < 4.78 is 31.3. The molecule has 0 unspecified atom stereocenters. The molecule has 2 heterocycles. The molecule has 0 N–H and O–H groups in total. The Morgan fingerprint density at radius 2 is 1.96 bits per heavy atom. The normalized spacial score (nSPS) is 10.1. The van der Waals surface area contributed by atoms with Crippen molar-refractivity contribution in [2.45, 2.75) is 33.4 Å². The molecule has 0 spiro atoms. The molecule has 0 aliphatic heterocycles. The zero-order valence-electron chi connectivity index (χ0n) is 12.7. The second-order valence-electron chi connectivity index (χ2n) is 4.24. The summed E-state index contributed by atoms with van der Waals surface area (Å²) in [5.74, 6) is -0.0795. The minimum atomic E-state index is -2.97. The van der Waals surface area contributed by atoms with Crippen LogP contribution in [0.15, 0.2) is 12.3 Å². The highest BCUT2D eigenvalue weighted by molar-refractivity contribution is 6.34. The molecule has 0 amide bonds. The number of halogens is 4. The van der Waals surface area contributed by atoms with Gasteiger partial charge in [0.15, 0.2) is 0 Å². The predicted octanol–water partition coefficient (Wildman–Crippen LogP) is 3.85. The van der Waals surface area contributed by atoms with Gasteiger partial charge in [0.05, 0.1) is 22.0 Å². The summed E-state index contributed by atoms with van der Waals surface area (Å²) in [6, 6.07) is 1.23. The van der Waals surface area contributed by atoms with Crippen molar-refractivity contribution in [3.63, 3.8) is 0 Å². The molecule has 2 aromatic heterocycles. The van der Waals surface area contributed by atoms with Crippen LogP contribution in [0.3, 0.4) is 0 Å². The Kier molecular flexibility index (Phi) is 7.78. The quantitative estimate of drug-likeness (QED) is 0.737. The molecule has 0 bridgehead atoms. The van der Waals surface area contributed by atoms with Crippen LogP contribution in [-0.4, -0.2) is 27.5 Å². The third-order valence-electron chi connectivity index (χ3n) is 2.90. The van der Waals surface area contributed by atoms with Crippen LogP contribution in [0.2, 0.25) is 10.2 Å². The van der Waals surface area contributed by atoms with E-state index in [9.17, 15) is 8.78 Å². The standard InChI is InChI=1S/C13H13Cl2F2N3O.CO2/c1-3-8-11(15)12(20(4-2)19-8)7-6-18-10(14)5-9(7)21-13(16)17;2-1-3/h5-6,13H,3-4H2,1-2H3;. The Morgan fingerprint density at radius 3 is 2.46 bits per heavy atom. The molecule has 0 aliphatic rings. The van der Waals surface area contributed by atoms with Crippen LogP contribution in [0, 0.1) is 0 Å². The van der Waals surface area contributed by atoms with Crippen LogP contribution in [0.25, 0.3) is 11.3 Å². The van der Waals surface area contributed by atoms with Gasteiger partial charge in [-0.25, -0.2) is 4.98 Å². The Bertz CT molecular complexity index is 732. The molecule has 10 heteroatoms. The van der Waals surface area contributed by atoms with Crippen molar-refractivity contribution in [1.82, 2.24) is 14.8 Å². The van der Waals surface area contributed by atoms with Gasteiger partial charge >= 0.3 is 12.8 Å². The summed E-state index contributed by atoms with van der Waals surface area (Å²) in [7, 11) is 0. The number of hydrogen-bond donors (Lipinski definition) is 0. The minimum Gasteiger partial charge on any atom is -0.434 e. The topological polar surface area (TPSA) is 74.1 Å². The van der Waals surface area contributed by atoms with E-state index in [2.05, 4.69) is 14.8 Å². The maximum absolute atomic E-state index is 12.6. The van der Waals surface area contributed by atoms with Crippen molar-refractivity contribution in [3.8, 4) is 17.0 Å². The Hall–Kier alpha value is -2.02. The van der Waals surface area contributed by atoms with E-state index in [-0.39, 0.29) is 17.1 Å². The van der Waals surface area contributed by atoms with Crippen LogP contribution < -0.4 is 4.74 Å². The molecule has 0 saturated carbocycles. The van der Waals surface area contributed by atoms with Gasteiger partial charge in [0.2, 0.25) is 0 Å². The molecule has 0 aliphatic carbocycles. The van der Waals surface area contributed by atoms with Gasteiger partial charge in [-0.2, -0.15) is 23.5 Å². The largest absolute Gasteiger partial charge is 0.434 e. The molecule has 0 fully saturated rings. The highest BCUT2D eigenvalue weighted by Gasteiger charge is 2.21. The summed E-state index contributed by atoms with van der Waals surface area (Å²) >= 11 is 12.0. The van der Waals surface area contributed by atoms with E-state index in [1.165, 1.54) is 12.3 Å². The number of rotatable bonds is 5. The lowest BCUT2D eigenvalue weighted by molar-refractivity contribution is -0.191. The Morgan fingerprint density at radius 1 is 1.33 bits per heavy atom. The first kappa shape index (κ1) is 20.0. The summed E-state index contributed by atoms with van der Waals surface area (Å²) in [5, 5.41) is 4.81. The average Bonchev–Trinajstić information content (AvgIpc) is 2.84. The second-order valence-corrected chi connectivity index (χ2v) is 5.01. The summed E-state index contributed by atoms with van der Waals surface area (Å²) in [5.41, 5.74) is 1.51. The third kappa shape index (κ3) is 4.74. The number of ether oxygens (including phenoxy) is 1. The van der Waals surface area contributed by atoms with Gasteiger partial charge in [-0.15, -0.1) is 0 Å². The number of aromatic nitrogens is 3. The number of alkyl halides is 2. The number of hydrogen-bond acceptors (Lipinski definition) is 5. The average molecular weight is 380 g/mol. The van der Waals surface area contributed by atoms with E-state index >= 15 is 0 Å². The van der Waals surface area contributed by atoms with Crippen LogP contribution >= 0.6 is 23.2 Å². The molecule has 6 nitrogen and oxygen atoms in total. The fourth-order valence-corrected chi connectivity index (χ4v) is 2.50. The lowest BCUT2D eigenvalue weighted by Crippen LogP contribution is -2.06. The molecule has 0 atom stereocenters. The van der Waals surface area contributed by atoms with E-state index in [0.717, 1.165) is 0 Å². The van der Waals surface area contributed by atoms with Gasteiger partial charge in [-0.3, -0.25) is 4.68 Å². The van der Waals surface area contributed by atoms with Gasteiger partial charge < -0.3 is 4.74 Å². The first-order valence-corrected chi connectivity index (χ1v) is 7.50. The molecular formula is C14H13Cl2F2N3O3. The highest BCUT2D eigenvalue weighted by atomic mass is 35.5. The number of pyridine rings is 1. The predicted molar refractivity (Wildman–Crippen MR) is 82.2 cm³/mol. The van der Waals surface area contributed by atoms with Crippen LogP contribution in [-0.2, 0) is 22.6 Å². The van der Waals surface area contributed by atoms with Gasteiger partial charge in [-0.1, -0.05) is 30.1 Å². The molecule has 2 rings (SSSR count). The number of nitrogens with zero attached hydrogens (tertiary/aromatic N) is 3. The van der Waals surface area contributed by atoms with Crippen LogP contribution in [0.5, 0.6) is 5.75 Å². The van der Waals surface area contributed by atoms with Gasteiger partial charge in [0, 0.05) is 18.8 Å². The van der Waals surface area contributed by atoms with Gasteiger partial charge in [0.25, 0.3) is 0 Å². The molecule has 0 radical (unpaired) electrons. The third-order valence-corrected chi connectivity index (χ3v) is 3.50. The fourth-order valence-electron chi connectivity index (χ4n) is 1.99. The highest BCUT2D eigenvalue weighted by Crippen LogP contribution is 2.38. The summed E-state index contributed by atoms with van der Waals surface area (Å²) in [4.78, 5) is 20.2. The van der Waals surface area contributed by atoms with E-state index < -0.39 is 6.61 Å². The van der Waals surface area contributed by atoms with Crippen LogP contribution in [0.1, 0.15) is 19.5 Å². The van der Waals surface area contributed by atoms with E-state index in [0.29, 0.717) is 34.9 Å². The van der Waals surface area contributed by atoms with E-state index in [4.69, 9.17) is 32.8 Å². The summed E-state index contributed by atoms with van der Waals surface area (Å²) in [6.45, 7) is 1.36. The van der Waals surface area contributed by atoms with Crippen molar-refractivity contribution in [2.24, 2.45) is 0 Å². The number of aryl methyl sites for hydroxylation is 2. The molecule has 24 heavy (non-hydrogen) atoms. The monoisotopic (exact) mass is 379 g/mol. The van der Waals surface area contributed by atoms with Crippen molar-refractivity contribution < 1.29 is 23.1 Å². The molecule has 2 aromatic rings. The van der Waals surface area contributed by atoms with Gasteiger partial charge in [0.1, 0.15) is 10.9 Å². The molecule has 130 valence electrons. The van der Waals surface area contributed by atoms with E-state index in [1.54, 1.807) is 4.68 Å². The first-order chi connectivity index (χ1) is 11.4. The molecule has 0 saturated heterocycles. The zero-order chi connectivity index (χ0) is 18.3. The maximum Gasteiger partial charge on any atom is 0.387 e. The number of carbonyl (C=O) groups excluding carboxylic acids is 2. The SMILES string of the molecule is CCc1nn(CC)c(-c2cnc(Cl)cc2OC(F)F)c1Cl.O=C=O. The fraction of sp³-hybridized carbons (Fsp3) is 0.357. The molecule has 0 aromatic carbocycles. The second kappa shape index (κ2) is 9.32. The minimum absolute atomic E-state index is 0.0591. The Labute approximate surface area is 146 Å². The lowest BCUT2D eigenvalue weighted by Gasteiger charge is -2.12. The molecular weight excluding hydrogens is 367 g/mol. The first-order valence-electron chi connectivity index (χ1n) is 6.74. The van der Waals surface area contributed by atoms with Crippen molar-refractivity contribution in [1.29, 1.82) is 0 Å².